The number of piperazine rings is 1. The third kappa shape index (κ3) is 4.11. The number of β-amino-alcohol motifs (C(OH)–C–C–N with tert-alkyl or cyclic N) is 1. The number of aliphatic hydroxyl groups is 1. The largest absolute Gasteiger partial charge is 0.395 e. The minimum absolute atomic E-state index is 0.135. The molecule has 1 aromatic heterocycles. The third-order valence-electron chi connectivity index (χ3n) is 3.73. The molecule has 0 bridgehead atoms. The van der Waals surface area contributed by atoms with Crippen molar-refractivity contribution in [1.82, 2.24) is 14.8 Å². The Labute approximate surface area is 129 Å². The topological polar surface area (TPSA) is 39.6 Å². The van der Waals surface area contributed by atoms with Gasteiger partial charge in [0.25, 0.3) is 0 Å². The maximum absolute atomic E-state index is 9.05. The standard InChI is InChI=1S/C14H22IN3O/c1-14(2)11-17(7-8-19)5-6-18(14)10-12-3-4-13(15)16-9-12/h3-4,9,19H,5-8,10-11H2,1-2H3. The average molecular weight is 375 g/mol. The Balaban J connectivity index is 1.99. The van der Waals surface area contributed by atoms with Crippen LogP contribution in [0.3, 0.4) is 0 Å². The van der Waals surface area contributed by atoms with Crippen LogP contribution in [0, 0.1) is 3.70 Å². The van der Waals surface area contributed by atoms with Gasteiger partial charge in [0, 0.05) is 44.5 Å². The van der Waals surface area contributed by atoms with Gasteiger partial charge in [-0.25, -0.2) is 0 Å². The van der Waals surface area contributed by atoms with Crippen LogP contribution >= 0.6 is 22.6 Å². The van der Waals surface area contributed by atoms with Crippen LogP contribution in [0.2, 0.25) is 0 Å². The Hall–Kier alpha value is -0.240. The Morgan fingerprint density at radius 3 is 2.74 bits per heavy atom. The normalized spacial score (nSPS) is 20.6. The third-order valence-corrected chi connectivity index (χ3v) is 4.37. The van der Waals surface area contributed by atoms with Crippen molar-refractivity contribution in [2.24, 2.45) is 0 Å². The predicted molar refractivity (Wildman–Crippen MR) is 85.0 cm³/mol. The second kappa shape index (κ2) is 6.47. The first kappa shape index (κ1) is 15.2. The first-order valence-electron chi connectivity index (χ1n) is 6.70. The van der Waals surface area contributed by atoms with E-state index in [1.807, 2.05) is 6.20 Å². The molecule has 1 aromatic rings. The molecule has 0 amide bonds. The molecule has 1 N–H and O–H groups in total. The Kier molecular flexibility index (Phi) is 5.16. The number of pyridine rings is 1. The molecule has 5 heteroatoms. The van der Waals surface area contributed by atoms with Crippen LogP contribution in [0.25, 0.3) is 0 Å². The summed E-state index contributed by atoms with van der Waals surface area (Å²) in [5.74, 6) is 0. The van der Waals surface area contributed by atoms with Gasteiger partial charge >= 0.3 is 0 Å². The van der Waals surface area contributed by atoms with Gasteiger partial charge in [0.05, 0.1) is 6.61 Å². The van der Waals surface area contributed by atoms with Gasteiger partial charge in [0.1, 0.15) is 3.70 Å². The molecule has 1 saturated heterocycles. The molecule has 0 aliphatic carbocycles. The smallest absolute Gasteiger partial charge is 0.101 e. The minimum atomic E-state index is 0.135. The summed E-state index contributed by atoms with van der Waals surface area (Å²) in [5, 5.41) is 9.05. The molecule has 0 aromatic carbocycles. The molecular formula is C14H22IN3O. The number of hydrogen-bond donors (Lipinski definition) is 1. The summed E-state index contributed by atoms with van der Waals surface area (Å²) in [7, 11) is 0. The van der Waals surface area contributed by atoms with Gasteiger partial charge in [-0.2, -0.15) is 0 Å². The summed E-state index contributed by atoms with van der Waals surface area (Å²) in [6.45, 7) is 9.60. The molecule has 2 rings (SSSR count). The van der Waals surface area contributed by atoms with Crippen LogP contribution in [-0.2, 0) is 6.54 Å². The summed E-state index contributed by atoms with van der Waals surface area (Å²) in [4.78, 5) is 9.19. The highest BCUT2D eigenvalue weighted by Gasteiger charge is 2.33. The first-order valence-corrected chi connectivity index (χ1v) is 7.78. The molecular weight excluding hydrogens is 353 g/mol. The van der Waals surface area contributed by atoms with Crippen LogP contribution in [0.15, 0.2) is 18.3 Å². The fourth-order valence-electron chi connectivity index (χ4n) is 2.64. The second-order valence-corrected chi connectivity index (χ2v) is 6.83. The quantitative estimate of drug-likeness (QED) is 0.641. The molecule has 0 saturated carbocycles. The summed E-state index contributed by atoms with van der Waals surface area (Å²) in [6, 6.07) is 4.22. The van der Waals surface area contributed by atoms with Gasteiger partial charge in [-0.15, -0.1) is 0 Å². The van der Waals surface area contributed by atoms with E-state index in [0.717, 1.165) is 36.4 Å². The van der Waals surface area contributed by atoms with Gasteiger partial charge in [-0.1, -0.05) is 6.07 Å². The zero-order valence-electron chi connectivity index (χ0n) is 11.6. The molecule has 0 radical (unpaired) electrons. The second-order valence-electron chi connectivity index (χ2n) is 5.72. The van der Waals surface area contributed by atoms with E-state index in [0.29, 0.717) is 0 Å². The molecule has 0 unspecified atom stereocenters. The van der Waals surface area contributed by atoms with Crippen LogP contribution in [-0.4, -0.2) is 58.2 Å². The van der Waals surface area contributed by atoms with Crippen molar-refractivity contribution in [3.63, 3.8) is 0 Å². The van der Waals surface area contributed by atoms with Crippen LogP contribution in [0.1, 0.15) is 19.4 Å². The number of hydrogen-bond acceptors (Lipinski definition) is 4. The molecule has 106 valence electrons. The first-order chi connectivity index (χ1) is 9.01. The molecule has 1 aliphatic rings. The van der Waals surface area contributed by atoms with Gasteiger partial charge in [0.2, 0.25) is 0 Å². The van der Waals surface area contributed by atoms with Gasteiger partial charge in [0.15, 0.2) is 0 Å². The molecule has 19 heavy (non-hydrogen) atoms. The fourth-order valence-corrected chi connectivity index (χ4v) is 2.96. The Morgan fingerprint density at radius 2 is 2.16 bits per heavy atom. The maximum Gasteiger partial charge on any atom is 0.101 e. The summed E-state index contributed by atoms with van der Waals surface area (Å²) < 4.78 is 1.04. The predicted octanol–water partition coefficient (Wildman–Crippen LogP) is 1.57. The van der Waals surface area contributed by atoms with Gasteiger partial charge < -0.3 is 5.11 Å². The lowest BCUT2D eigenvalue weighted by Crippen LogP contribution is -2.59. The van der Waals surface area contributed by atoms with Crippen molar-refractivity contribution in [1.29, 1.82) is 0 Å². The molecule has 1 fully saturated rings. The van der Waals surface area contributed by atoms with E-state index in [9.17, 15) is 0 Å². The highest BCUT2D eigenvalue weighted by Crippen LogP contribution is 2.23. The van der Waals surface area contributed by atoms with Crippen molar-refractivity contribution < 1.29 is 5.11 Å². The number of aliphatic hydroxyl groups excluding tert-OH is 1. The van der Waals surface area contributed by atoms with Gasteiger partial charge in [-0.05, 0) is 48.1 Å². The summed E-state index contributed by atoms with van der Waals surface area (Å²) in [5.41, 5.74) is 1.40. The van der Waals surface area contributed by atoms with E-state index >= 15 is 0 Å². The van der Waals surface area contributed by atoms with Crippen molar-refractivity contribution >= 4 is 22.6 Å². The van der Waals surface area contributed by atoms with E-state index in [-0.39, 0.29) is 12.1 Å². The Morgan fingerprint density at radius 1 is 1.37 bits per heavy atom. The summed E-state index contributed by atoms with van der Waals surface area (Å²) >= 11 is 2.23. The maximum atomic E-state index is 9.05. The molecule has 4 nitrogen and oxygen atoms in total. The minimum Gasteiger partial charge on any atom is -0.395 e. The Bertz CT molecular complexity index is 408. The van der Waals surface area contributed by atoms with Crippen molar-refractivity contribution in [2.45, 2.75) is 25.9 Å². The van der Waals surface area contributed by atoms with Crippen LogP contribution < -0.4 is 0 Å². The van der Waals surface area contributed by atoms with Crippen LogP contribution in [0.5, 0.6) is 0 Å². The lowest BCUT2D eigenvalue weighted by Gasteiger charge is -2.47. The average Bonchev–Trinajstić information content (AvgIpc) is 2.35. The number of halogens is 1. The summed E-state index contributed by atoms with van der Waals surface area (Å²) in [6.07, 6.45) is 1.97. The highest BCUT2D eigenvalue weighted by molar-refractivity contribution is 14.1. The van der Waals surface area contributed by atoms with E-state index in [1.54, 1.807) is 0 Å². The van der Waals surface area contributed by atoms with Crippen LogP contribution in [0.4, 0.5) is 0 Å². The molecule has 1 aliphatic heterocycles. The lowest BCUT2D eigenvalue weighted by molar-refractivity contribution is 0.00784. The van der Waals surface area contributed by atoms with Crippen molar-refractivity contribution in [2.75, 3.05) is 32.8 Å². The van der Waals surface area contributed by atoms with Crippen molar-refractivity contribution in [3.8, 4) is 0 Å². The monoisotopic (exact) mass is 375 g/mol. The van der Waals surface area contributed by atoms with E-state index < -0.39 is 0 Å². The van der Waals surface area contributed by atoms with E-state index in [4.69, 9.17) is 5.11 Å². The fraction of sp³-hybridized carbons (Fsp3) is 0.643. The van der Waals surface area contributed by atoms with E-state index in [2.05, 4.69) is 63.4 Å². The lowest BCUT2D eigenvalue weighted by atomic mass is 9.98. The highest BCUT2D eigenvalue weighted by atomic mass is 127. The van der Waals surface area contributed by atoms with Gasteiger partial charge in [-0.3, -0.25) is 14.8 Å². The van der Waals surface area contributed by atoms with E-state index in [1.165, 1.54) is 5.56 Å². The number of nitrogens with zero attached hydrogens (tertiary/aromatic N) is 3. The number of aromatic nitrogens is 1. The number of rotatable bonds is 4. The SMILES string of the molecule is CC1(C)CN(CCO)CCN1Cc1ccc(I)nc1. The zero-order chi connectivity index (χ0) is 13.9. The molecule has 2 heterocycles. The molecule has 0 spiro atoms. The zero-order valence-corrected chi connectivity index (χ0v) is 13.8. The van der Waals surface area contributed by atoms with Crippen molar-refractivity contribution in [3.05, 3.63) is 27.6 Å². The molecule has 0 atom stereocenters.